The fraction of sp³-hybridized carbons (Fsp3) is 0.0714. The highest BCUT2D eigenvalue weighted by atomic mass is 16.6. The molecule has 8 heteroatoms. The van der Waals surface area contributed by atoms with E-state index in [9.17, 15) is 9.59 Å². The Labute approximate surface area is 207 Å². The number of ketones is 1. The molecule has 0 aliphatic heterocycles. The number of para-hydroxylation sites is 1. The molecule has 0 saturated carbocycles. The van der Waals surface area contributed by atoms with Crippen molar-refractivity contribution in [3.8, 4) is 22.9 Å². The first-order valence-corrected chi connectivity index (χ1v) is 11.4. The zero-order chi connectivity index (χ0) is 24.9. The van der Waals surface area contributed by atoms with Gasteiger partial charge in [-0.1, -0.05) is 25.1 Å². The van der Waals surface area contributed by atoms with Gasteiger partial charge in [0.2, 0.25) is 0 Å². The van der Waals surface area contributed by atoms with Gasteiger partial charge in [-0.3, -0.25) is 19.7 Å². The minimum absolute atomic E-state index is 0.0380. The van der Waals surface area contributed by atoms with Crippen LogP contribution in [-0.2, 0) is 0 Å². The molecule has 0 fully saturated rings. The lowest BCUT2D eigenvalue weighted by atomic mass is 10.2. The SMILES string of the molecule is CCC(=O)c1cc(Oc2ccc3c(c2)ncn3-c2ccc(NC(=O)Oc3ccccc3)cc2)ccn1. The average molecular weight is 479 g/mol. The lowest BCUT2D eigenvalue weighted by Crippen LogP contribution is -2.16. The number of amides is 1. The molecule has 0 atom stereocenters. The Kier molecular flexibility index (Phi) is 6.40. The van der Waals surface area contributed by atoms with Gasteiger partial charge in [-0.15, -0.1) is 0 Å². The zero-order valence-electron chi connectivity index (χ0n) is 19.4. The summed E-state index contributed by atoms with van der Waals surface area (Å²) < 4.78 is 13.1. The number of imidazole rings is 1. The van der Waals surface area contributed by atoms with Crippen LogP contribution in [0.25, 0.3) is 16.7 Å². The van der Waals surface area contributed by atoms with Crippen LogP contribution in [0.4, 0.5) is 10.5 Å². The molecule has 1 amide bonds. The van der Waals surface area contributed by atoms with Crippen LogP contribution >= 0.6 is 0 Å². The van der Waals surface area contributed by atoms with Crippen LogP contribution in [0, 0.1) is 0 Å². The summed E-state index contributed by atoms with van der Waals surface area (Å²) in [5.41, 5.74) is 3.51. The summed E-state index contributed by atoms with van der Waals surface area (Å²) in [6.45, 7) is 1.80. The van der Waals surface area contributed by atoms with Crippen LogP contribution in [0.5, 0.6) is 17.2 Å². The monoisotopic (exact) mass is 478 g/mol. The zero-order valence-corrected chi connectivity index (χ0v) is 19.4. The van der Waals surface area contributed by atoms with E-state index in [0.717, 1.165) is 16.7 Å². The summed E-state index contributed by atoms with van der Waals surface area (Å²) in [4.78, 5) is 32.6. The van der Waals surface area contributed by atoms with Gasteiger partial charge in [-0.05, 0) is 54.6 Å². The molecule has 0 bridgehead atoms. The van der Waals surface area contributed by atoms with Crippen molar-refractivity contribution < 1.29 is 19.1 Å². The molecule has 1 N–H and O–H groups in total. The van der Waals surface area contributed by atoms with Gasteiger partial charge in [-0.25, -0.2) is 9.78 Å². The van der Waals surface area contributed by atoms with Crippen molar-refractivity contribution in [2.45, 2.75) is 13.3 Å². The van der Waals surface area contributed by atoms with E-state index in [1.165, 1.54) is 0 Å². The molecule has 3 aromatic carbocycles. The van der Waals surface area contributed by atoms with Crippen molar-refractivity contribution in [1.82, 2.24) is 14.5 Å². The highest BCUT2D eigenvalue weighted by molar-refractivity contribution is 5.94. The standard InChI is InChI=1S/C28H22N4O4/c1-2-27(33)25-17-23(14-15-29-25)35-22-12-13-26-24(16-22)30-18-32(26)20-10-8-19(9-11-20)31-28(34)36-21-6-4-3-5-7-21/h3-18H,2H2,1H3,(H,31,34). The van der Waals surface area contributed by atoms with Crippen molar-refractivity contribution >= 4 is 28.6 Å². The molecule has 0 saturated heterocycles. The molecule has 2 aromatic heterocycles. The van der Waals surface area contributed by atoms with Gasteiger partial charge < -0.3 is 9.47 Å². The Hall–Kier alpha value is -4.98. The number of benzene rings is 3. The number of hydrogen-bond donors (Lipinski definition) is 1. The molecule has 0 unspecified atom stereocenters. The highest BCUT2D eigenvalue weighted by Gasteiger charge is 2.10. The van der Waals surface area contributed by atoms with Crippen LogP contribution in [0.15, 0.2) is 97.5 Å². The lowest BCUT2D eigenvalue weighted by Gasteiger charge is -2.09. The summed E-state index contributed by atoms with van der Waals surface area (Å²) in [6, 6.07) is 25.2. The summed E-state index contributed by atoms with van der Waals surface area (Å²) >= 11 is 0. The Bertz CT molecular complexity index is 1530. The van der Waals surface area contributed by atoms with Crippen molar-refractivity contribution in [3.63, 3.8) is 0 Å². The smallest absolute Gasteiger partial charge is 0.417 e. The second kappa shape index (κ2) is 10.1. The maximum absolute atomic E-state index is 12.1. The van der Waals surface area contributed by atoms with E-state index in [2.05, 4.69) is 15.3 Å². The van der Waals surface area contributed by atoms with Gasteiger partial charge in [0.05, 0.1) is 11.0 Å². The highest BCUT2D eigenvalue weighted by Crippen LogP contribution is 2.27. The fourth-order valence-electron chi connectivity index (χ4n) is 3.65. The maximum Gasteiger partial charge on any atom is 0.417 e. The molecule has 0 spiro atoms. The Balaban J connectivity index is 1.29. The van der Waals surface area contributed by atoms with Crippen LogP contribution in [-0.4, -0.2) is 26.4 Å². The van der Waals surface area contributed by atoms with Gasteiger partial charge in [0.1, 0.15) is 29.3 Å². The van der Waals surface area contributed by atoms with Gasteiger partial charge >= 0.3 is 6.09 Å². The van der Waals surface area contributed by atoms with Crippen LogP contribution in [0.1, 0.15) is 23.8 Å². The third-order valence-electron chi connectivity index (χ3n) is 5.44. The van der Waals surface area contributed by atoms with Crippen LogP contribution in [0.3, 0.4) is 0 Å². The van der Waals surface area contributed by atoms with Crippen molar-refractivity contribution in [2.24, 2.45) is 0 Å². The number of carbonyl (C=O) groups is 2. The molecular formula is C28H22N4O4. The summed E-state index contributed by atoms with van der Waals surface area (Å²) in [7, 11) is 0. The predicted molar refractivity (Wildman–Crippen MR) is 136 cm³/mol. The molecule has 36 heavy (non-hydrogen) atoms. The van der Waals surface area contributed by atoms with E-state index in [0.29, 0.717) is 35.1 Å². The van der Waals surface area contributed by atoms with E-state index in [1.54, 1.807) is 68.0 Å². The van der Waals surface area contributed by atoms with E-state index >= 15 is 0 Å². The lowest BCUT2D eigenvalue weighted by molar-refractivity contribution is 0.0983. The number of aromatic nitrogens is 3. The second-order valence-corrected chi connectivity index (χ2v) is 7.90. The first-order chi connectivity index (χ1) is 17.6. The average Bonchev–Trinajstić information content (AvgIpc) is 3.32. The summed E-state index contributed by atoms with van der Waals surface area (Å²) in [6.07, 6.45) is 3.11. The molecule has 5 rings (SSSR count). The molecule has 0 radical (unpaired) electrons. The first-order valence-electron chi connectivity index (χ1n) is 11.4. The topological polar surface area (TPSA) is 95.3 Å². The van der Waals surface area contributed by atoms with E-state index in [1.807, 2.05) is 41.0 Å². The number of anilines is 1. The Morgan fingerprint density at radius 2 is 1.64 bits per heavy atom. The normalized spacial score (nSPS) is 10.7. The van der Waals surface area contributed by atoms with E-state index in [4.69, 9.17) is 9.47 Å². The number of carbonyl (C=O) groups excluding carboxylic acids is 2. The predicted octanol–water partition coefficient (Wildman–Crippen LogP) is 6.42. The summed E-state index contributed by atoms with van der Waals surface area (Å²) in [5.74, 6) is 1.57. The molecule has 5 aromatic rings. The van der Waals surface area contributed by atoms with Crippen LogP contribution in [0.2, 0.25) is 0 Å². The number of pyridine rings is 1. The van der Waals surface area contributed by atoms with Crippen molar-refractivity contribution in [2.75, 3.05) is 5.32 Å². The number of nitrogens with zero attached hydrogens (tertiary/aromatic N) is 3. The molecule has 8 nitrogen and oxygen atoms in total. The quantitative estimate of drug-likeness (QED) is 0.271. The second-order valence-electron chi connectivity index (χ2n) is 7.90. The number of fused-ring (bicyclic) bond motifs is 1. The Morgan fingerprint density at radius 3 is 2.42 bits per heavy atom. The maximum atomic E-state index is 12.1. The van der Waals surface area contributed by atoms with Gasteiger partial charge in [0, 0.05) is 36.1 Å². The third kappa shape index (κ3) is 5.07. The van der Waals surface area contributed by atoms with Crippen molar-refractivity contribution in [1.29, 1.82) is 0 Å². The molecule has 0 aliphatic rings. The van der Waals surface area contributed by atoms with E-state index in [-0.39, 0.29) is 5.78 Å². The minimum atomic E-state index is -0.560. The Morgan fingerprint density at radius 1 is 0.861 bits per heavy atom. The van der Waals surface area contributed by atoms with Gasteiger partial charge in [0.15, 0.2) is 5.78 Å². The van der Waals surface area contributed by atoms with Gasteiger partial charge in [0.25, 0.3) is 0 Å². The number of nitrogens with one attached hydrogen (secondary N) is 1. The van der Waals surface area contributed by atoms with Crippen LogP contribution < -0.4 is 14.8 Å². The molecule has 178 valence electrons. The van der Waals surface area contributed by atoms with Crippen molar-refractivity contribution in [3.05, 3.63) is 103 Å². The fourth-order valence-corrected chi connectivity index (χ4v) is 3.65. The number of Topliss-reactive ketones (excluding diaryl/α,β-unsaturated/α-hetero) is 1. The number of rotatable bonds is 7. The van der Waals surface area contributed by atoms with E-state index < -0.39 is 6.09 Å². The minimum Gasteiger partial charge on any atom is -0.457 e. The number of hydrogen-bond acceptors (Lipinski definition) is 6. The summed E-state index contributed by atoms with van der Waals surface area (Å²) in [5, 5.41) is 2.72. The first kappa shape index (κ1) is 22.8. The molecule has 2 heterocycles. The number of ether oxygens (including phenoxy) is 2. The van der Waals surface area contributed by atoms with Gasteiger partial charge in [-0.2, -0.15) is 0 Å². The molecular weight excluding hydrogens is 456 g/mol. The third-order valence-corrected chi connectivity index (χ3v) is 5.44. The largest absolute Gasteiger partial charge is 0.457 e. The molecule has 0 aliphatic carbocycles.